The average Bonchev–Trinajstić information content (AvgIpc) is 2.65. The van der Waals surface area contributed by atoms with Crippen LogP contribution in [0.25, 0.3) is 0 Å². The van der Waals surface area contributed by atoms with Crippen molar-refractivity contribution in [2.24, 2.45) is 0 Å². The zero-order chi connectivity index (χ0) is 19.8. The molecule has 0 bridgehead atoms. The number of hydrogen-bond donors (Lipinski definition) is 2. The molecule has 0 unspecified atom stereocenters. The Kier molecular flexibility index (Phi) is 7.23. The number of aliphatic carboxylic acids is 1. The van der Waals surface area contributed by atoms with Crippen LogP contribution < -0.4 is 14.8 Å². The molecule has 0 aromatic heterocycles. The minimum Gasteiger partial charge on any atom is -0.497 e. The fourth-order valence-electron chi connectivity index (χ4n) is 2.73. The van der Waals surface area contributed by atoms with E-state index in [4.69, 9.17) is 14.6 Å². The lowest BCUT2D eigenvalue weighted by molar-refractivity contribution is -0.137. The van der Waals surface area contributed by atoms with Crippen molar-refractivity contribution in [2.75, 3.05) is 13.7 Å². The molecule has 2 N–H and O–H groups in total. The first-order chi connectivity index (χ1) is 12.9. The zero-order valence-corrected chi connectivity index (χ0v) is 15.8. The lowest BCUT2D eigenvalue weighted by Gasteiger charge is -2.19. The maximum Gasteiger partial charge on any atom is 0.305 e. The summed E-state index contributed by atoms with van der Waals surface area (Å²) in [5.74, 6) is 0.204. The highest BCUT2D eigenvalue weighted by atomic mass is 16.5. The SMILES string of the molecule is COc1ccc([C@H](CC(=O)O)NC(=O)COc2ccccc2C(C)C)cc1. The summed E-state index contributed by atoms with van der Waals surface area (Å²) >= 11 is 0. The summed E-state index contributed by atoms with van der Waals surface area (Å²) in [5, 5.41) is 11.9. The minimum absolute atomic E-state index is 0.185. The number of carboxylic acid groups (broad SMARTS) is 1. The second-order valence-electron chi connectivity index (χ2n) is 6.47. The van der Waals surface area contributed by atoms with Gasteiger partial charge in [0.05, 0.1) is 19.6 Å². The molecule has 144 valence electrons. The third-order valence-corrected chi connectivity index (χ3v) is 4.13. The third-order valence-electron chi connectivity index (χ3n) is 4.13. The summed E-state index contributed by atoms with van der Waals surface area (Å²) in [6.45, 7) is 3.92. The van der Waals surface area contributed by atoms with Crippen LogP contribution in [0.15, 0.2) is 48.5 Å². The van der Waals surface area contributed by atoms with Gasteiger partial charge >= 0.3 is 5.97 Å². The Hall–Kier alpha value is -3.02. The van der Waals surface area contributed by atoms with E-state index in [0.717, 1.165) is 5.56 Å². The predicted octanol–water partition coefficient (Wildman–Crippen LogP) is 3.53. The Morgan fingerprint density at radius 3 is 2.33 bits per heavy atom. The van der Waals surface area contributed by atoms with Crippen molar-refractivity contribution in [3.63, 3.8) is 0 Å². The van der Waals surface area contributed by atoms with Crippen molar-refractivity contribution in [3.05, 3.63) is 59.7 Å². The van der Waals surface area contributed by atoms with E-state index >= 15 is 0 Å². The summed E-state index contributed by atoms with van der Waals surface area (Å²) in [7, 11) is 1.55. The van der Waals surface area contributed by atoms with Gasteiger partial charge in [-0.3, -0.25) is 9.59 Å². The maximum atomic E-state index is 12.3. The number of hydrogen-bond acceptors (Lipinski definition) is 4. The molecule has 1 amide bonds. The maximum absolute atomic E-state index is 12.3. The normalized spacial score (nSPS) is 11.7. The van der Waals surface area contributed by atoms with Crippen LogP contribution in [0.1, 0.15) is 43.4 Å². The second-order valence-corrected chi connectivity index (χ2v) is 6.47. The van der Waals surface area contributed by atoms with Crippen molar-refractivity contribution in [1.29, 1.82) is 0 Å². The topological polar surface area (TPSA) is 84.9 Å². The monoisotopic (exact) mass is 371 g/mol. The van der Waals surface area contributed by atoms with E-state index in [1.165, 1.54) is 0 Å². The van der Waals surface area contributed by atoms with Crippen LogP contribution in [0.2, 0.25) is 0 Å². The van der Waals surface area contributed by atoms with Crippen molar-refractivity contribution < 1.29 is 24.2 Å². The van der Waals surface area contributed by atoms with Gasteiger partial charge in [0.15, 0.2) is 6.61 Å². The Balaban J connectivity index is 2.04. The Labute approximate surface area is 159 Å². The van der Waals surface area contributed by atoms with Gasteiger partial charge in [0, 0.05) is 0 Å². The standard InChI is InChI=1S/C21H25NO5/c1-14(2)17-6-4-5-7-19(17)27-13-20(23)22-18(12-21(24)25)15-8-10-16(26-3)11-9-15/h4-11,14,18H,12-13H2,1-3H3,(H,22,23)(H,24,25)/t18-/m0/s1. The van der Waals surface area contributed by atoms with Crippen LogP contribution >= 0.6 is 0 Å². The first-order valence-electron chi connectivity index (χ1n) is 8.77. The summed E-state index contributed by atoms with van der Waals surface area (Å²) in [4.78, 5) is 23.5. The molecule has 0 fully saturated rings. The van der Waals surface area contributed by atoms with E-state index in [2.05, 4.69) is 19.2 Å². The van der Waals surface area contributed by atoms with Crippen LogP contribution in [0.5, 0.6) is 11.5 Å². The van der Waals surface area contributed by atoms with E-state index in [0.29, 0.717) is 17.1 Å². The van der Waals surface area contributed by atoms with Gasteiger partial charge in [-0.15, -0.1) is 0 Å². The molecule has 27 heavy (non-hydrogen) atoms. The number of carbonyl (C=O) groups is 2. The number of ether oxygens (including phenoxy) is 2. The van der Waals surface area contributed by atoms with Crippen LogP contribution in [-0.2, 0) is 9.59 Å². The molecule has 0 aliphatic heterocycles. The molecule has 0 aliphatic carbocycles. The quantitative estimate of drug-likeness (QED) is 0.704. The highest BCUT2D eigenvalue weighted by Gasteiger charge is 2.19. The number of carboxylic acids is 1. The molecule has 0 spiro atoms. The van der Waals surface area contributed by atoms with Gasteiger partial charge in [-0.1, -0.05) is 44.2 Å². The van der Waals surface area contributed by atoms with Gasteiger partial charge < -0.3 is 19.9 Å². The summed E-state index contributed by atoms with van der Waals surface area (Å²) in [6.07, 6.45) is -0.222. The summed E-state index contributed by atoms with van der Waals surface area (Å²) < 4.78 is 10.8. The van der Waals surface area contributed by atoms with Crippen LogP contribution in [0.3, 0.4) is 0 Å². The van der Waals surface area contributed by atoms with Crippen molar-refractivity contribution in [1.82, 2.24) is 5.32 Å². The van der Waals surface area contributed by atoms with Gasteiger partial charge in [-0.05, 0) is 35.2 Å². The number of rotatable bonds is 9. The van der Waals surface area contributed by atoms with E-state index in [9.17, 15) is 9.59 Å². The fourth-order valence-corrected chi connectivity index (χ4v) is 2.73. The average molecular weight is 371 g/mol. The highest BCUT2D eigenvalue weighted by Crippen LogP contribution is 2.26. The van der Waals surface area contributed by atoms with E-state index < -0.39 is 12.0 Å². The molecule has 2 aromatic carbocycles. The van der Waals surface area contributed by atoms with Gasteiger partial charge in [0.1, 0.15) is 11.5 Å². The molecule has 6 nitrogen and oxygen atoms in total. The van der Waals surface area contributed by atoms with Crippen molar-refractivity contribution >= 4 is 11.9 Å². The number of amides is 1. The largest absolute Gasteiger partial charge is 0.497 e. The molecule has 0 saturated heterocycles. The lowest BCUT2D eigenvalue weighted by atomic mass is 10.0. The molecule has 0 aliphatic rings. The van der Waals surface area contributed by atoms with Crippen molar-refractivity contribution in [3.8, 4) is 11.5 Å². The Morgan fingerprint density at radius 2 is 1.74 bits per heavy atom. The molecule has 1 atom stereocenters. The zero-order valence-electron chi connectivity index (χ0n) is 15.8. The lowest BCUT2D eigenvalue weighted by Crippen LogP contribution is -2.34. The van der Waals surface area contributed by atoms with E-state index in [-0.39, 0.29) is 24.9 Å². The molecule has 0 saturated carbocycles. The number of methoxy groups -OCH3 is 1. The smallest absolute Gasteiger partial charge is 0.305 e. The summed E-state index contributed by atoms with van der Waals surface area (Å²) in [6, 6.07) is 13.8. The molecule has 2 aromatic rings. The second kappa shape index (κ2) is 9.62. The first kappa shape index (κ1) is 20.3. The van der Waals surface area contributed by atoms with Gasteiger partial charge in [0.2, 0.25) is 0 Å². The predicted molar refractivity (Wildman–Crippen MR) is 102 cm³/mol. The van der Waals surface area contributed by atoms with Gasteiger partial charge in [-0.2, -0.15) is 0 Å². The van der Waals surface area contributed by atoms with Gasteiger partial charge in [0.25, 0.3) is 5.91 Å². The number of nitrogens with one attached hydrogen (secondary N) is 1. The van der Waals surface area contributed by atoms with Crippen LogP contribution in [-0.4, -0.2) is 30.7 Å². The highest BCUT2D eigenvalue weighted by molar-refractivity contribution is 5.79. The Morgan fingerprint density at radius 1 is 1.07 bits per heavy atom. The van der Waals surface area contributed by atoms with Crippen molar-refractivity contribution in [2.45, 2.75) is 32.2 Å². The van der Waals surface area contributed by atoms with E-state index in [1.807, 2.05) is 24.3 Å². The molecular weight excluding hydrogens is 346 g/mol. The summed E-state index contributed by atoms with van der Waals surface area (Å²) in [5.41, 5.74) is 1.71. The number of benzene rings is 2. The van der Waals surface area contributed by atoms with Gasteiger partial charge in [-0.25, -0.2) is 0 Å². The Bertz CT molecular complexity index is 770. The molecule has 0 heterocycles. The van der Waals surface area contributed by atoms with E-state index in [1.54, 1.807) is 31.4 Å². The molecule has 6 heteroatoms. The third kappa shape index (κ3) is 6.02. The van der Waals surface area contributed by atoms with Crippen LogP contribution in [0.4, 0.5) is 0 Å². The molecule has 2 rings (SSSR count). The molecule has 0 radical (unpaired) electrons. The fraction of sp³-hybridized carbons (Fsp3) is 0.333. The number of para-hydroxylation sites is 1. The van der Waals surface area contributed by atoms with Crippen LogP contribution in [0, 0.1) is 0 Å². The minimum atomic E-state index is -0.998. The first-order valence-corrected chi connectivity index (χ1v) is 8.77. The number of carbonyl (C=O) groups excluding carboxylic acids is 1. The molecular formula is C21H25NO5.